The third kappa shape index (κ3) is 4.59. The van der Waals surface area contributed by atoms with Gasteiger partial charge in [0, 0.05) is 41.9 Å². The van der Waals surface area contributed by atoms with Crippen LogP contribution in [0.25, 0.3) is 0 Å². The molecule has 1 amide bonds. The zero-order valence-corrected chi connectivity index (χ0v) is 15.5. The summed E-state index contributed by atoms with van der Waals surface area (Å²) >= 11 is 11.9. The van der Waals surface area contributed by atoms with Crippen molar-refractivity contribution >= 4 is 34.8 Å². The Morgan fingerprint density at radius 3 is 2.32 bits per heavy atom. The Hall–Kier alpha value is -1.91. The van der Waals surface area contributed by atoms with Crippen LogP contribution in [0, 0.1) is 0 Å². The molecule has 0 bridgehead atoms. The maximum Gasteiger partial charge on any atom is 0.263 e. The number of ether oxygens (including phenoxy) is 1. The molecule has 3 rings (SSSR count). The van der Waals surface area contributed by atoms with Gasteiger partial charge in [0.1, 0.15) is 5.75 Å². The SMILES string of the molecule is C[C@@H](Oc1cccc(Cl)c1)C(=O)N1CCN(c2ccc(Cl)cc2)CC1. The first kappa shape index (κ1) is 17.9. The van der Waals surface area contributed by atoms with Crippen LogP contribution in [0.3, 0.4) is 0 Å². The van der Waals surface area contributed by atoms with Crippen molar-refractivity contribution in [3.05, 3.63) is 58.6 Å². The first-order chi connectivity index (χ1) is 12.0. The molecule has 0 aliphatic carbocycles. The molecule has 2 aromatic rings. The smallest absolute Gasteiger partial charge is 0.263 e. The molecule has 2 aromatic carbocycles. The van der Waals surface area contributed by atoms with E-state index < -0.39 is 6.10 Å². The van der Waals surface area contributed by atoms with Crippen LogP contribution in [0.5, 0.6) is 5.75 Å². The molecule has 0 spiro atoms. The Kier molecular flexibility index (Phi) is 5.71. The largest absolute Gasteiger partial charge is 0.481 e. The van der Waals surface area contributed by atoms with Crippen molar-refractivity contribution < 1.29 is 9.53 Å². The van der Waals surface area contributed by atoms with Gasteiger partial charge in [0.2, 0.25) is 0 Å². The molecule has 0 N–H and O–H groups in total. The number of anilines is 1. The van der Waals surface area contributed by atoms with Crippen molar-refractivity contribution in [2.24, 2.45) is 0 Å². The summed E-state index contributed by atoms with van der Waals surface area (Å²) in [5.74, 6) is 0.601. The molecule has 1 atom stereocenters. The van der Waals surface area contributed by atoms with Gasteiger partial charge in [-0.3, -0.25) is 4.79 Å². The number of nitrogens with zero attached hydrogens (tertiary/aromatic N) is 2. The number of carbonyl (C=O) groups is 1. The fourth-order valence-electron chi connectivity index (χ4n) is 2.89. The lowest BCUT2D eigenvalue weighted by Crippen LogP contribution is -2.52. The Morgan fingerprint density at radius 2 is 1.68 bits per heavy atom. The molecule has 25 heavy (non-hydrogen) atoms. The van der Waals surface area contributed by atoms with Crippen LogP contribution in [0.4, 0.5) is 5.69 Å². The predicted molar refractivity (Wildman–Crippen MR) is 102 cm³/mol. The van der Waals surface area contributed by atoms with E-state index in [1.54, 1.807) is 31.2 Å². The van der Waals surface area contributed by atoms with Crippen LogP contribution in [-0.2, 0) is 4.79 Å². The number of piperazine rings is 1. The van der Waals surface area contributed by atoms with Gasteiger partial charge >= 0.3 is 0 Å². The Bertz CT molecular complexity index is 728. The standard InChI is InChI=1S/C19H20Cl2N2O2/c1-14(25-18-4-2-3-16(21)13-18)19(24)23-11-9-22(10-12-23)17-7-5-15(20)6-8-17/h2-8,13-14H,9-12H2,1H3/t14-/m1/s1. The van der Waals surface area contributed by atoms with Crippen LogP contribution in [0.2, 0.25) is 10.0 Å². The minimum absolute atomic E-state index is 0.00395. The van der Waals surface area contributed by atoms with E-state index in [2.05, 4.69) is 4.90 Å². The van der Waals surface area contributed by atoms with Crippen LogP contribution in [0.15, 0.2) is 48.5 Å². The topological polar surface area (TPSA) is 32.8 Å². The fraction of sp³-hybridized carbons (Fsp3) is 0.316. The summed E-state index contributed by atoms with van der Waals surface area (Å²) in [6, 6.07) is 14.9. The summed E-state index contributed by atoms with van der Waals surface area (Å²) in [5.41, 5.74) is 1.12. The van der Waals surface area contributed by atoms with Gasteiger partial charge < -0.3 is 14.5 Å². The van der Waals surface area contributed by atoms with E-state index >= 15 is 0 Å². The molecule has 1 heterocycles. The van der Waals surface area contributed by atoms with Crippen molar-refractivity contribution in [3.8, 4) is 5.75 Å². The molecule has 1 aliphatic rings. The van der Waals surface area contributed by atoms with Crippen molar-refractivity contribution in [1.82, 2.24) is 4.90 Å². The molecule has 0 radical (unpaired) electrons. The minimum atomic E-state index is -0.541. The lowest BCUT2D eigenvalue weighted by Gasteiger charge is -2.37. The molecule has 0 aromatic heterocycles. The number of hydrogen-bond donors (Lipinski definition) is 0. The number of carbonyl (C=O) groups excluding carboxylic acids is 1. The average Bonchev–Trinajstić information content (AvgIpc) is 2.62. The number of hydrogen-bond acceptors (Lipinski definition) is 3. The van der Waals surface area contributed by atoms with E-state index in [0.29, 0.717) is 23.9 Å². The molecular formula is C19H20Cl2N2O2. The van der Waals surface area contributed by atoms with Gasteiger partial charge in [-0.2, -0.15) is 0 Å². The van der Waals surface area contributed by atoms with Crippen molar-refractivity contribution in [1.29, 1.82) is 0 Å². The molecule has 132 valence electrons. The van der Waals surface area contributed by atoms with Gasteiger partial charge in [-0.1, -0.05) is 29.3 Å². The summed E-state index contributed by atoms with van der Waals surface area (Å²) < 4.78 is 5.73. The molecule has 1 aliphatic heterocycles. The second-order valence-electron chi connectivity index (χ2n) is 6.01. The third-order valence-electron chi connectivity index (χ3n) is 4.24. The monoisotopic (exact) mass is 378 g/mol. The fourth-order valence-corrected chi connectivity index (χ4v) is 3.20. The van der Waals surface area contributed by atoms with Gasteiger partial charge in [-0.25, -0.2) is 0 Å². The van der Waals surface area contributed by atoms with Crippen molar-refractivity contribution in [3.63, 3.8) is 0 Å². The molecular weight excluding hydrogens is 359 g/mol. The molecule has 4 nitrogen and oxygen atoms in total. The summed E-state index contributed by atoms with van der Waals surface area (Å²) in [5, 5.41) is 1.32. The molecule has 1 saturated heterocycles. The second kappa shape index (κ2) is 7.98. The maximum atomic E-state index is 12.6. The van der Waals surface area contributed by atoms with E-state index in [1.807, 2.05) is 29.2 Å². The van der Waals surface area contributed by atoms with Crippen LogP contribution < -0.4 is 9.64 Å². The highest BCUT2D eigenvalue weighted by Crippen LogP contribution is 2.21. The van der Waals surface area contributed by atoms with Gasteiger partial charge in [-0.05, 0) is 49.4 Å². The second-order valence-corrected chi connectivity index (χ2v) is 6.88. The maximum absolute atomic E-state index is 12.6. The lowest BCUT2D eigenvalue weighted by molar-refractivity contribution is -0.138. The Balaban J connectivity index is 1.54. The van der Waals surface area contributed by atoms with E-state index in [-0.39, 0.29) is 5.91 Å². The number of amides is 1. The number of benzene rings is 2. The first-order valence-electron chi connectivity index (χ1n) is 8.24. The minimum Gasteiger partial charge on any atom is -0.481 e. The highest BCUT2D eigenvalue weighted by Gasteiger charge is 2.26. The van der Waals surface area contributed by atoms with Crippen LogP contribution in [0.1, 0.15) is 6.92 Å². The van der Waals surface area contributed by atoms with Crippen molar-refractivity contribution in [2.45, 2.75) is 13.0 Å². The quantitative estimate of drug-likeness (QED) is 0.802. The van der Waals surface area contributed by atoms with E-state index in [4.69, 9.17) is 27.9 Å². The van der Waals surface area contributed by atoms with Gasteiger partial charge in [0.15, 0.2) is 6.10 Å². The molecule has 6 heteroatoms. The van der Waals surface area contributed by atoms with Crippen LogP contribution in [-0.4, -0.2) is 43.1 Å². The molecule has 0 unspecified atom stereocenters. The van der Waals surface area contributed by atoms with E-state index in [0.717, 1.165) is 23.8 Å². The van der Waals surface area contributed by atoms with E-state index in [1.165, 1.54) is 0 Å². The highest BCUT2D eigenvalue weighted by molar-refractivity contribution is 6.30. The number of halogens is 2. The average molecular weight is 379 g/mol. The van der Waals surface area contributed by atoms with Gasteiger partial charge in [-0.15, -0.1) is 0 Å². The summed E-state index contributed by atoms with van der Waals surface area (Å²) in [6.07, 6.45) is -0.541. The predicted octanol–water partition coefficient (Wildman–Crippen LogP) is 4.11. The van der Waals surface area contributed by atoms with E-state index in [9.17, 15) is 4.79 Å². The zero-order chi connectivity index (χ0) is 17.8. The normalized spacial score (nSPS) is 15.8. The zero-order valence-electron chi connectivity index (χ0n) is 14.0. The van der Waals surface area contributed by atoms with Crippen LogP contribution >= 0.6 is 23.2 Å². The van der Waals surface area contributed by atoms with Crippen molar-refractivity contribution in [2.75, 3.05) is 31.1 Å². The Labute approximate surface area is 157 Å². The van der Waals surface area contributed by atoms with Gasteiger partial charge in [0.05, 0.1) is 0 Å². The Morgan fingerprint density at radius 1 is 1.00 bits per heavy atom. The summed E-state index contributed by atoms with van der Waals surface area (Å²) in [7, 11) is 0. The third-order valence-corrected chi connectivity index (χ3v) is 4.73. The lowest BCUT2D eigenvalue weighted by atomic mass is 10.2. The summed E-state index contributed by atoms with van der Waals surface area (Å²) in [6.45, 7) is 4.69. The van der Waals surface area contributed by atoms with Gasteiger partial charge in [0.25, 0.3) is 5.91 Å². The summed E-state index contributed by atoms with van der Waals surface area (Å²) in [4.78, 5) is 16.7. The number of rotatable bonds is 4. The molecule has 0 saturated carbocycles. The first-order valence-corrected chi connectivity index (χ1v) is 9.00. The highest BCUT2D eigenvalue weighted by atomic mass is 35.5. The molecule has 1 fully saturated rings.